The third-order valence-electron chi connectivity index (χ3n) is 2.55. The summed E-state index contributed by atoms with van der Waals surface area (Å²) in [5, 5.41) is 4.30. The Hall–Kier alpha value is -2.17. The zero-order valence-corrected chi connectivity index (χ0v) is 9.97. The van der Waals surface area contributed by atoms with E-state index < -0.39 is 0 Å². The maximum Gasteiger partial charge on any atom is 0.307 e. The molecule has 5 heteroatoms. The fourth-order valence-corrected chi connectivity index (χ4v) is 1.57. The summed E-state index contributed by atoms with van der Waals surface area (Å²) < 4.78 is 19.0. The van der Waals surface area contributed by atoms with E-state index in [1.165, 1.54) is 19.2 Å². The Kier molecular flexibility index (Phi) is 3.72. The second-order valence-corrected chi connectivity index (χ2v) is 3.80. The van der Waals surface area contributed by atoms with Gasteiger partial charge in [0.25, 0.3) is 0 Å². The van der Waals surface area contributed by atoms with Gasteiger partial charge in [0.2, 0.25) is 0 Å². The van der Waals surface area contributed by atoms with E-state index in [1.807, 2.05) is 6.07 Å². The van der Waals surface area contributed by atoms with Gasteiger partial charge in [0.05, 0.1) is 25.8 Å². The molecule has 2 aromatic rings. The maximum absolute atomic E-state index is 12.8. The van der Waals surface area contributed by atoms with Crippen molar-refractivity contribution in [2.24, 2.45) is 0 Å². The first-order valence-electron chi connectivity index (χ1n) is 5.55. The third kappa shape index (κ3) is 2.94. The monoisotopic (exact) mass is 248 g/mol. The maximum atomic E-state index is 12.8. The molecule has 1 heterocycles. The van der Waals surface area contributed by atoms with Gasteiger partial charge in [-0.2, -0.15) is 5.10 Å². The molecule has 0 spiro atoms. The summed E-state index contributed by atoms with van der Waals surface area (Å²) in [5.41, 5.74) is 1.59. The molecule has 0 aliphatic rings. The van der Waals surface area contributed by atoms with E-state index in [1.54, 1.807) is 23.0 Å². The second-order valence-electron chi connectivity index (χ2n) is 3.80. The number of carbonyl (C=O) groups is 1. The highest BCUT2D eigenvalue weighted by Gasteiger charge is 2.05. The van der Waals surface area contributed by atoms with Crippen LogP contribution in [0.1, 0.15) is 6.42 Å². The van der Waals surface area contributed by atoms with Crippen LogP contribution in [0.3, 0.4) is 0 Å². The van der Waals surface area contributed by atoms with Gasteiger partial charge in [-0.15, -0.1) is 0 Å². The molecule has 1 aromatic heterocycles. The molecule has 0 bridgehead atoms. The minimum atomic E-state index is -0.274. The van der Waals surface area contributed by atoms with Crippen molar-refractivity contribution in [1.82, 2.24) is 9.78 Å². The first kappa shape index (κ1) is 12.3. The minimum absolute atomic E-state index is 0.270. The number of rotatable bonds is 4. The fourth-order valence-electron chi connectivity index (χ4n) is 1.57. The third-order valence-corrected chi connectivity index (χ3v) is 2.55. The predicted octanol–water partition coefficient (Wildman–Crippen LogP) is 2.25. The lowest BCUT2D eigenvalue weighted by atomic mass is 10.1. The van der Waals surface area contributed by atoms with Gasteiger partial charge in [0.1, 0.15) is 5.82 Å². The molecule has 94 valence electrons. The summed E-state index contributed by atoms with van der Waals surface area (Å²) in [7, 11) is 1.36. The number of aryl methyl sites for hydroxylation is 1. The Balaban J connectivity index is 2.06. The lowest BCUT2D eigenvalue weighted by Crippen LogP contribution is -2.07. The molecule has 0 N–H and O–H groups in total. The van der Waals surface area contributed by atoms with Crippen LogP contribution in [0.15, 0.2) is 36.5 Å². The van der Waals surface area contributed by atoms with E-state index in [9.17, 15) is 9.18 Å². The molecule has 18 heavy (non-hydrogen) atoms. The van der Waals surface area contributed by atoms with Crippen molar-refractivity contribution in [2.45, 2.75) is 13.0 Å². The van der Waals surface area contributed by atoms with Gasteiger partial charge < -0.3 is 4.74 Å². The number of benzene rings is 1. The summed E-state index contributed by atoms with van der Waals surface area (Å²) in [4.78, 5) is 11.0. The lowest BCUT2D eigenvalue weighted by molar-refractivity contribution is -0.140. The molecule has 0 unspecified atom stereocenters. The number of hydrogen-bond donors (Lipinski definition) is 0. The van der Waals surface area contributed by atoms with E-state index in [2.05, 4.69) is 9.84 Å². The SMILES string of the molecule is COC(=O)CCn1ccc(-c2ccc(F)cc2)n1. The molecular formula is C13H13FN2O2. The summed E-state index contributed by atoms with van der Waals surface area (Å²) >= 11 is 0. The summed E-state index contributed by atoms with van der Waals surface area (Å²) in [6, 6.07) is 7.95. The number of esters is 1. The normalized spacial score (nSPS) is 10.3. The number of nitrogens with zero attached hydrogens (tertiary/aromatic N) is 2. The number of halogens is 1. The van der Waals surface area contributed by atoms with Crippen molar-refractivity contribution in [2.75, 3.05) is 7.11 Å². The fraction of sp³-hybridized carbons (Fsp3) is 0.231. The highest BCUT2D eigenvalue weighted by molar-refractivity contribution is 5.69. The minimum Gasteiger partial charge on any atom is -0.469 e. The van der Waals surface area contributed by atoms with E-state index in [0.717, 1.165) is 11.3 Å². The van der Waals surface area contributed by atoms with Gasteiger partial charge >= 0.3 is 5.97 Å². The van der Waals surface area contributed by atoms with Crippen LogP contribution in [0.25, 0.3) is 11.3 Å². The summed E-state index contributed by atoms with van der Waals surface area (Å²) in [6.07, 6.45) is 2.06. The van der Waals surface area contributed by atoms with Gasteiger partial charge in [-0.25, -0.2) is 4.39 Å². The second kappa shape index (κ2) is 5.44. The first-order valence-corrected chi connectivity index (χ1v) is 5.55. The molecule has 1 aromatic carbocycles. The quantitative estimate of drug-likeness (QED) is 0.779. The molecule has 4 nitrogen and oxygen atoms in total. The number of hydrogen-bond acceptors (Lipinski definition) is 3. The summed E-state index contributed by atoms with van der Waals surface area (Å²) in [6.45, 7) is 0.466. The van der Waals surface area contributed by atoms with Gasteiger partial charge in [0.15, 0.2) is 0 Å². The average molecular weight is 248 g/mol. The number of ether oxygens (including phenoxy) is 1. The van der Waals surface area contributed by atoms with Crippen molar-refractivity contribution in [3.8, 4) is 11.3 Å². The van der Waals surface area contributed by atoms with Crippen LogP contribution >= 0.6 is 0 Å². The van der Waals surface area contributed by atoms with Crippen molar-refractivity contribution < 1.29 is 13.9 Å². The Morgan fingerprint density at radius 1 is 1.33 bits per heavy atom. The van der Waals surface area contributed by atoms with E-state index in [-0.39, 0.29) is 18.2 Å². The van der Waals surface area contributed by atoms with Crippen LogP contribution < -0.4 is 0 Å². The Morgan fingerprint density at radius 2 is 2.06 bits per heavy atom. The van der Waals surface area contributed by atoms with E-state index in [4.69, 9.17) is 0 Å². The van der Waals surface area contributed by atoms with Gasteiger partial charge in [-0.05, 0) is 30.3 Å². The molecule has 0 aliphatic heterocycles. The molecule has 0 saturated carbocycles. The highest BCUT2D eigenvalue weighted by Crippen LogP contribution is 2.17. The van der Waals surface area contributed by atoms with Crippen molar-refractivity contribution in [3.63, 3.8) is 0 Å². The van der Waals surface area contributed by atoms with Crippen LogP contribution in [-0.4, -0.2) is 22.9 Å². The van der Waals surface area contributed by atoms with Crippen LogP contribution in [-0.2, 0) is 16.1 Å². The standard InChI is InChI=1S/C13H13FN2O2/c1-18-13(17)7-9-16-8-6-12(15-16)10-2-4-11(14)5-3-10/h2-6,8H,7,9H2,1H3. The van der Waals surface area contributed by atoms with Crippen LogP contribution in [0, 0.1) is 5.82 Å². The molecule has 0 radical (unpaired) electrons. The number of methoxy groups -OCH3 is 1. The van der Waals surface area contributed by atoms with Crippen LogP contribution in [0.2, 0.25) is 0 Å². The van der Waals surface area contributed by atoms with E-state index in [0.29, 0.717) is 6.54 Å². The molecule has 2 rings (SSSR count). The number of aromatic nitrogens is 2. The summed E-state index contributed by atoms with van der Waals surface area (Å²) in [5.74, 6) is -0.544. The Bertz CT molecular complexity index is 534. The molecule has 0 aliphatic carbocycles. The van der Waals surface area contributed by atoms with Crippen molar-refractivity contribution in [1.29, 1.82) is 0 Å². The average Bonchev–Trinajstić information content (AvgIpc) is 2.85. The Labute approximate surface area is 104 Å². The molecule has 0 atom stereocenters. The highest BCUT2D eigenvalue weighted by atomic mass is 19.1. The lowest BCUT2D eigenvalue weighted by Gasteiger charge is -2.00. The molecule has 0 amide bonds. The van der Waals surface area contributed by atoms with Crippen LogP contribution in [0.5, 0.6) is 0 Å². The van der Waals surface area contributed by atoms with Crippen molar-refractivity contribution in [3.05, 3.63) is 42.3 Å². The zero-order chi connectivity index (χ0) is 13.0. The largest absolute Gasteiger partial charge is 0.469 e. The molecule has 0 fully saturated rings. The van der Waals surface area contributed by atoms with Crippen LogP contribution in [0.4, 0.5) is 4.39 Å². The van der Waals surface area contributed by atoms with Gasteiger partial charge in [-0.1, -0.05) is 0 Å². The predicted molar refractivity (Wildman–Crippen MR) is 64.3 cm³/mol. The smallest absolute Gasteiger partial charge is 0.307 e. The topological polar surface area (TPSA) is 44.1 Å². The van der Waals surface area contributed by atoms with Gasteiger partial charge in [0, 0.05) is 11.8 Å². The molecular weight excluding hydrogens is 235 g/mol. The van der Waals surface area contributed by atoms with Gasteiger partial charge in [-0.3, -0.25) is 9.48 Å². The first-order chi connectivity index (χ1) is 8.69. The zero-order valence-electron chi connectivity index (χ0n) is 9.97. The van der Waals surface area contributed by atoms with Crippen molar-refractivity contribution >= 4 is 5.97 Å². The Morgan fingerprint density at radius 3 is 2.72 bits per heavy atom. The van der Waals surface area contributed by atoms with E-state index >= 15 is 0 Å². The number of carbonyl (C=O) groups excluding carboxylic acids is 1. The molecule has 0 saturated heterocycles.